The molecule has 8 heteroatoms. The van der Waals surface area contributed by atoms with E-state index in [-0.39, 0.29) is 25.1 Å². The Morgan fingerprint density at radius 3 is 2.77 bits per heavy atom. The summed E-state index contributed by atoms with van der Waals surface area (Å²) in [5, 5.41) is 2.93. The van der Waals surface area contributed by atoms with Crippen molar-refractivity contribution in [3.05, 3.63) is 58.1 Å². The fourth-order valence-electron chi connectivity index (χ4n) is 3.73. The predicted molar refractivity (Wildman–Crippen MR) is 115 cm³/mol. The molecule has 0 radical (unpaired) electrons. The smallest absolute Gasteiger partial charge is 0.489 e. The van der Waals surface area contributed by atoms with Crippen LogP contribution in [0.4, 0.5) is 10.5 Å². The van der Waals surface area contributed by atoms with Gasteiger partial charge in [-0.15, -0.1) is 4.90 Å². The van der Waals surface area contributed by atoms with Gasteiger partial charge in [0.05, 0.1) is 12.7 Å². The molecule has 0 aliphatic carbocycles. The highest BCUT2D eigenvalue weighted by Gasteiger charge is 2.37. The van der Waals surface area contributed by atoms with Gasteiger partial charge in [0.1, 0.15) is 18.9 Å². The molecule has 4 rings (SSSR count). The first-order valence-electron chi connectivity index (χ1n) is 9.87. The molecule has 0 bridgehead atoms. The molecule has 30 heavy (non-hydrogen) atoms. The molecule has 2 aliphatic heterocycles. The van der Waals surface area contributed by atoms with Crippen LogP contribution in [0, 0.1) is 6.92 Å². The topological polar surface area (TPSA) is 64.9 Å². The van der Waals surface area contributed by atoms with Gasteiger partial charge in [-0.05, 0) is 54.3 Å². The average molecular weight is 428 g/mol. The Bertz CT molecular complexity index is 1040. The summed E-state index contributed by atoms with van der Waals surface area (Å²) < 4.78 is 7.08. The quantitative estimate of drug-likeness (QED) is 0.688. The Kier molecular flexibility index (Phi) is 5.74. The van der Waals surface area contributed by atoms with E-state index >= 15 is 0 Å². The summed E-state index contributed by atoms with van der Waals surface area (Å²) in [6.07, 6.45) is 2.26. The van der Waals surface area contributed by atoms with Gasteiger partial charge in [-0.25, -0.2) is 10.2 Å². The van der Waals surface area contributed by atoms with E-state index in [2.05, 4.69) is 16.5 Å². The number of hydrogen-bond acceptors (Lipinski definition) is 5. The summed E-state index contributed by atoms with van der Waals surface area (Å²) in [6.45, 7) is 4.07. The van der Waals surface area contributed by atoms with Crippen LogP contribution in [0.5, 0.6) is 5.75 Å². The van der Waals surface area contributed by atoms with Crippen molar-refractivity contribution in [1.29, 1.82) is 0 Å². The third-order valence-electron chi connectivity index (χ3n) is 5.33. The maximum absolute atomic E-state index is 11.9. The van der Waals surface area contributed by atoms with Gasteiger partial charge in [-0.2, -0.15) is 9.37 Å². The van der Waals surface area contributed by atoms with Gasteiger partial charge < -0.3 is 9.75 Å². The molecule has 1 N–H and O–H groups in total. The van der Waals surface area contributed by atoms with Gasteiger partial charge >= 0.3 is 11.9 Å². The third-order valence-corrected chi connectivity index (χ3v) is 5.56. The van der Waals surface area contributed by atoms with Crippen LogP contribution in [-0.2, 0) is 17.8 Å². The standard InChI is InChI=1S/C22H23ClN4O3/c1-15-11-16(13-24-27-8-7-17-12-18(23)4-5-19(17)27)3-6-20(15)30-10-9-26-21(28)14-25(2)22(26)29/h3-6,11-12,14H,7-10,13H2,1-2H3/p+1. The summed E-state index contributed by atoms with van der Waals surface area (Å²) >= 11 is 6.08. The number of hydrogen-bond donors (Lipinski definition) is 1. The van der Waals surface area contributed by atoms with Crippen LogP contribution in [0.2, 0.25) is 5.02 Å². The molecular weight excluding hydrogens is 404 g/mol. The Labute approximate surface area is 180 Å². The molecule has 3 amide bonds. The maximum Gasteiger partial charge on any atom is 0.501 e. The number of urea groups is 1. The van der Waals surface area contributed by atoms with Crippen LogP contribution in [0.25, 0.3) is 0 Å². The Morgan fingerprint density at radius 1 is 1.20 bits per heavy atom. The van der Waals surface area contributed by atoms with Gasteiger partial charge in [-0.1, -0.05) is 23.7 Å². The minimum absolute atomic E-state index is 0.222. The van der Waals surface area contributed by atoms with Gasteiger partial charge in [0.25, 0.3) is 0 Å². The number of rotatable bonds is 7. The van der Waals surface area contributed by atoms with E-state index in [9.17, 15) is 9.59 Å². The minimum atomic E-state index is -0.326. The molecule has 7 nitrogen and oxygen atoms in total. The highest BCUT2D eigenvalue weighted by Crippen LogP contribution is 2.29. The summed E-state index contributed by atoms with van der Waals surface area (Å²) in [5.74, 6) is 0.436. The van der Waals surface area contributed by atoms with Crippen molar-refractivity contribution < 1.29 is 18.9 Å². The highest BCUT2D eigenvalue weighted by molar-refractivity contribution is 6.31. The molecule has 2 heterocycles. The zero-order valence-electron chi connectivity index (χ0n) is 17.0. The zero-order chi connectivity index (χ0) is 21.3. The first-order valence-corrected chi connectivity index (χ1v) is 10.2. The third kappa shape index (κ3) is 4.17. The number of hydrazine groups is 1. The number of carbonyl (C=O) groups excluding carboxylic acids is 2. The molecular formula is C22H24ClN4O3+. The fraction of sp³-hybridized carbons (Fsp3) is 0.318. The molecule has 2 aliphatic rings. The van der Waals surface area contributed by atoms with E-state index in [1.165, 1.54) is 26.9 Å². The first kappa shape index (κ1) is 20.4. The Morgan fingerprint density at radius 2 is 2.03 bits per heavy atom. The van der Waals surface area contributed by atoms with E-state index in [0.29, 0.717) is 6.54 Å². The van der Waals surface area contributed by atoms with Crippen molar-refractivity contribution in [3.8, 4) is 5.75 Å². The number of aryl methyl sites for hydroxylation is 1. The Hall–Kier alpha value is -2.90. The number of halogens is 1. The van der Waals surface area contributed by atoms with Crippen molar-refractivity contribution in [2.24, 2.45) is 0 Å². The second-order valence-electron chi connectivity index (χ2n) is 7.47. The van der Waals surface area contributed by atoms with Crippen LogP contribution < -0.4 is 15.2 Å². The predicted octanol–water partition coefficient (Wildman–Crippen LogP) is 2.77. The number of fused-ring (bicyclic) bond motifs is 1. The van der Waals surface area contributed by atoms with E-state index < -0.39 is 0 Å². The zero-order valence-corrected chi connectivity index (χ0v) is 17.8. The molecule has 2 aromatic rings. The Balaban J connectivity index is 1.30. The van der Waals surface area contributed by atoms with E-state index in [4.69, 9.17) is 16.3 Å². The fourth-order valence-corrected chi connectivity index (χ4v) is 3.93. The summed E-state index contributed by atoms with van der Waals surface area (Å²) in [4.78, 5) is 24.8. The number of imide groups is 1. The largest absolute Gasteiger partial charge is 0.501 e. The normalized spacial score (nSPS) is 15.6. The molecule has 2 aromatic carbocycles. The lowest BCUT2D eigenvalue weighted by molar-refractivity contribution is -0.387. The molecule has 0 unspecified atom stereocenters. The van der Waals surface area contributed by atoms with Crippen molar-refractivity contribution in [2.45, 2.75) is 19.9 Å². The van der Waals surface area contributed by atoms with E-state index in [1.54, 1.807) is 7.05 Å². The van der Waals surface area contributed by atoms with Crippen LogP contribution in [0.15, 0.2) is 36.4 Å². The molecule has 0 saturated heterocycles. The summed E-state index contributed by atoms with van der Waals surface area (Å²) in [5.41, 5.74) is 8.05. The van der Waals surface area contributed by atoms with Crippen LogP contribution >= 0.6 is 11.6 Å². The van der Waals surface area contributed by atoms with Gasteiger partial charge in [0, 0.05) is 18.1 Å². The summed E-state index contributed by atoms with van der Waals surface area (Å²) in [7, 11) is 1.56. The minimum Gasteiger partial charge on any atom is -0.489 e. The van der Waals surface area contributed by atoms with Crippen molar-refractivity contribution >= 4 is 35.4 Å². The van der Waals surface area contributed by atoms with Crippen LogP contribution in [0.1, 0.15) is 16.7 Å². The number of carbonyl (C=O) groups is 2. The van der Waals surface area contributed by atoms with Crippen molar-refractivity contribution in [3.63, 3.8) is 0 Å². The number of benzene rings is 2. The number of amides is 3. The average Bonchev–Trinajstić information content (AvgIpc) is 3.22. The van der Waals surface area contributed by atoms with E-state index in [0.717, 1.165) is 34.9 Å². The second-order valence-corrected chi connectivity index (χ2v) is 7.91. The number of anilines is 1. The monoisotopic (exact) mass is 427 g/mol. The molecule has 0 aromatic heterocycles. The molecule has 0 saturated carbocycles. The van der Waals surface area contributed by atoms with Gasteiger partial charge in [-0.3, -0.25) is 0 Å². The van der Waals surface area contributed by atoms with Gasteiger partial charge in [0.2, 0.25) is 0 Å². The summed E-state index contributed by atoms with van der Waals surface area (Å²) in [6, 6.07) is 11.7. The second kappa shape index (κ2) is 8.45. The maximum atomic E-state index is 11.9. The lowest BCUT2D eigenvalue weighted by atomic mass is 10.1. The van der Waals surface area contributed by atoms with Crippen molar-refractivity contribution in [2.75, 3.05) is 31.8 Å². The first-order chi connectivity index (χ1) is 14.4. The number of nitrogens with one attached hydrogen (secondary N) is 1. The SMILES string of the molecule is Cc1cc(CNN2CCc3cc(Cl)ccc32)ccc1OCCN1C(=O)C=[N+](C)C1=O. The molecule has 0 fully saturated rings. The van der Waals surface area contributed by atoms with Crippen molar-refractivity contribution in [1.82, 2.24) is 10.3 Å². The van der Waals surface area contributed by atoms with E-state index in [1.807, 2.05) is 37.3 Å². The molecule has 156 valence electrons. The highest BCUT2D eigenvalue weighted by atomic mass is 35.5. The lowest BCUT2D eigenvalue weighted by Crippen LogP contribution is -2.36. The number of ether oxygens (including phenoxy) is 1. The lowest BCUT2D eigenvalue weighted by Gasteiger charge is -2.21. The van der Waals surface area contributed by atoms with Crippen LogP contribution in [0.3, 0.4) is 0 Å². The number of nitrogens with zero attached hydrogens (tertiary/aromatic N) is 3. The molecule has 0 atom stereocenters. The van der Waals surface area contributed by atoms with Crippen LogP contribution in [-0.4, -0.2) is 54.4 Å². The van der Waals surface area contributed by atoms with Gasteiger partial charge in [0.15, 0.2) is 6.21 Å². The molecule has 0 spiro atoms.